The highest BCUT2D eigenvalue weighted by Gasteiger charge is 2.31. The van der Waals surface area contributed by atoms with Gasteiger partial charge >= 0.3 is 0 Å². The summed E-state index contributed by atoms with van der Waals surface area (Å²) in [6.07, 6.45) is 0.941. The molecule has 0 aliphatic carbocycles. The van der Waals surface area contributed by atoms with Crippen LogP contribution in [0.4, 0.5) is 0 Å². The molecule has 2 aromatic carbocycles. The van der Waals surface area contributed by atoms with Crippen molar-refractivity contribution in [2.75, 3.05) is 20.8 Å². The maximum absolute atomic E-state index is 11.4. The van der Waals surface area contributed by atoms with Crippen molar-refractivity contribution < 1.29 is 14.3 Å². The Kier molecular flexibility index (Phi) is 5.56. The summed E-state index contributed by atoms with van der Waals surface area (Å²) < 4.78 is 11.1. The number of nitrogens with two attached hydrogens (primary N) is 1. The van der Waals surface area contributed by atoms with Crippen LogP contribution in [0.3, 0.4) is 0 Å². The minimum absolute atomic E-state index is 0.148. The molecule has 0 unspecified atom stereocenters. The first-order valence-corrected chi connectivity index (χ1v) is 10.4. The molecule has 0 saturated carbocycles. The molecule has 0 spiro atoms. The number of nitrogens with zero attached hydrogens (tertiary/aromatic N) is 1. The summed E-state index contributed by atoms with van der Waals surface area (Å²) in [5, 5.41) is 2.12. The number of methoxy groups -OCH3 is 2. The maximum atomic E-state index is 11.4. The smallest absolute Gasteiger partial charge is 0.248 e. The summed E-state index contributed by atoms with van der Waals surface area (Å²) in [4.78, 5) is 15.1. The van der Waals surface area contributed by atoms with Gasteiger partial charge in [-0.25, -0.2) is 0 Å². The Labute approximate surface area is 174 Å². The number of thiophene rings is 1. The fraction of sp³-hybridized carbons (Fsp3) is 0.261. The number of rotatable bonds is 6. The number of benzene rings is 2. The van der Waals surface area contributed by atoms with E-state index < -0.39 is 5.91 Å². The molecule has 1 aliphatic heterocycles. The Morgan fingerprint density at radius 1 is 1.14 bits per heavy atom. The lowest BCUT2D eigenvalue weighted by molar-refractivity contribution is 0.1000. The molecular formula is C23H24N2O3S. The SMILES string of the molecule is COc1cc2c(cc1OC)[C@H](c1cccs1)N(Cc1ccc(C(N)=O)cc1)CC2. The van der Waals surface area contributed by atoms with Gasteiger partial charge in [-0.1, -0.05) is 18.2 Å². The number of primary amides is 1. The van der Waals surface area contributed by atoms with Crippen LogP contribution < -0.4 is 15.2 Å². The molecule has 29 heavy (non-hydrogen) atoms. The molecule has 5 nitrogen and oxygen atoms in total. The van der Waals surface area contributed by atoms with Crippen LogP contribution in [0.25, 0.3) is 0 Å². The minimum Gasteiger partial charge on any atom is -0.493 e. The van der Waals surface area contributed by atoms with Crippen molar-refractivity contribution in [1.29, 1.82) is 0 Å². The second kappa shape index (κ2) is 8.27. The van der Waals surface area contributed by atoms with Crippen molar-refractivity contribution in [2.24, 2.45) is 5.73 Å². The number of hydrogen-bond acceptors (Lipinski definition) is 5. The van der Waals surface area contributed by atoms with Crippen molar-refractivity contribution in [3.8, 4) is 11.5 Å². The van der Waals surface area contributed by atoms with E-state index in [1.807, 2.05) is 12.1 Å². The largest absolute Gasteiger partial charge is 0.493 e. The van der Waals surface area contributed by atoms with Gasteiger partial charge in [-0.15, -0.1) is 11.3 Å². The first kappa shape index (κ1) is 19.5. The minimum atomic E-state index is -0.402. The van der Waals surface area contributed by atoms with E-state index in [9.17, 15) is 4.79 Å². The van der Waals surface area contributed by atoms with Crippen LogP contribution in [-0.4, -0.2) is 31.6 Å². The molecule has 1 amide bonds. The lowest BCUT2D eigenvalue weighted by atomic mass is 9.90. The fourth-order valence-corrected chi connectivity index (χ4v) is 4.83. The predicted octanol–water partition coefficient (Wildman–Crippen LogP) is 4.01. The Morgan fingerprint density at radius 2 is 1.86 bits per heavy atom. The van der Waals surface area contributed by atoms with Gasteiger partial charge in [0.05, 0.1) is 20.3 Å². The Balaban J connectivity index is 1.71. The molecule has 3 aromatic rings. The van der Waals surface area contributed by atoms with E-state index in [2.05, 4.69) is 34.5 Å². The molecule has 1 aromatic heterocycles. The van der Waals surface area contributed by atoms with Gasteiger partial charge in [-0.3, -0.25) is 9.69 Å². The zero-order valence-corrected chi connectivity index (χ0v) is 17.4. The van der Waals surface area contributed by atoms with Crippen LogP contribution in [-0.2, 0) is 13.0 Å². The van der Waals surface area contributed by atoms with Crippen LogP contribution in [0.2, 0.25) is 0 Å². The molecule has 0 saturated heterocycles. The van der Waals surface area contributed by atoms with E-state index in [0.717, 1.165) is 36.6 Å². The summed E-state index contributed by atoms with van der Waals surface area (Å²) in [5.74, 6) is 1.12. The average molecular weight is 409 g/mol. The normalized spacial score (nSPS) is 16.3. The topological polar surface area (TPSA) is 64.8 Å². The lowest BCUT2D eigenvalue weighted by Gasteiger charge is -2.37. The second-order valence-electron chi connectivity index (χ2n) is 7.11. The third kappa shape index (κ3) is 3.86. The molecule has 150 valence electrons. The van der Waals surface area contributed by atoms with Crippen LogP contribution in [0.5, 0.6) is 11.5 Å². The number of hydrogen-bond donors (Lipinski definition) is 1. The standard InChI is InChI=1S/C23H24N2O3S/c1-27-19-12-17-9-10-25(14-15-5-7-16(8-6-15)23(24)26)22(21-4-3-11-29-21)18(17)13-20(19)28-2/h3-8,11-13,22H,9-10,14H2,1-2H3,(H2,24,26)/t22-/m1/s1. The van der Waals surface area contributed by atoms with E-state index >= 15 is 0 Å². The first-order chi connectivity index (χ1) is 14.1. The molecule has 0 radical (unpaired) electrons. The van der Waals surface area contributed by atoms with Crippen LogP contribution in [0.15, 0.2) is 53.9 Å². The van der Waals surface area contributed by atoms with Crippen molar-refractivity contribution >= 4 is 17.2 Å². The Bertz CT molecular complexity index is 1000. The number of carbonyl (C=O) groups is 1. The van der Waals surface area contributed by atoms with Crippen LogP contribution >= 0.6 is 11.3 Å². The van der Waals surface area contributed by atoms with Crippen molar-refractivity contribution in [1.82, 2.24) is 4.90 Å². The van der Waals surface area contributed by atoms with E-state index in [0.29, 0.717) is 5.56 Å². The van der Waals surface area contributed by atoms with Gasteiger partial charge in [0.2, 0.25) is 5.91 Å². The number of fused-ring (bicyclic) bond motifs is 1. The van der Waals surface area contributed by atoms with Crippen molar-refractivity contribution in [3.05, 3.63) is 81.0 Å². The highest BCUT2D eigenvalue weighted by Crippen LogP contribution is 2.42. The highest BCUT2D eigenvalue weighted by atomic mass is 32.1. The summed E-state index contributed by atoms with van der Waals surface area (Å²) >= 11 is 1.76. The molecular weight excluding hydrogens is 384 g/mol. The Morgan fingerprint density at radius 3 is 2.48 bits per heavy atom. The van der Waals surface area contributed by atoms with Gasteiger partial charge in [-0.2, -0.15) is 0 Å². The maximum Gasteiger partial charge on any atom is 0.248 e. The van der Waals surface area contributed by atoms with Gasteiger partial charge in [0, 0.05) is 23.5 Å². The first-order valence-electron chi connectivity index (χ1n) is 9.51. The summed E-state index contributed by atoms with van der Waals surface area (Å²) in [5.41, 5.74) is 9.60. The molecule has 0 fully saturated rings. The predicted molar refractivity (Wildman–Crippen MR) is 115 cm³/mol. The average Bonchev–Trinajstić information content (AvgIpc) is 3.27. The highest BCUT2D eigenvalue weighted by molar-refractivity contribution is 7.10. The third-order valence-electron chi connectivity index (χ3n) is 5.41. The Hall–Kier alpha value is -2.83. The van der Waals surface area contributed by atoms with Crippen LogP contribution in [0, 0.1) is 0 Å². The number of ether oxygens (including phenoxy) is 2. The molecule has 1 aliphatic rings. The monoisotopic (exact) mass is 408 g/mol. The van der Waals surface area contributed by atoms with Crippen LogP contribution in [0.1, 0.15) is 38.0 Å². The molecule has 2 heterocycles. The quantitative estimate of drug-likeness (QED) is 0.669. The molecule has 0 bridgehead atoms. The molecule has 6 heteroatoms. The number of amides is 1. The van der Waals surface area contributed by atoms with Gasteiger partial charge in [0.1, 0.15) is 0 Å². The van der Waals surface area contributed by atoms with Gasteiger partial charge in [-0.05, 0) is 58.8 Å². The lowest BCUT2D eigenvalue weighted by Crippen LogP contribution is -2.35. The zero-order chi connectivity index (χ0) is 20.4. The van der Waals surface area contributed by atoms with Crippen molar-refractivity contribution in [2.45, 2.75) is 19.0 Å². The van der Waals surface area contributed by atoms with E-state index in [4.69, 9.17) is 15.2 Å². The second-order valence-corrected chi connectivity index (χ2v) is 8.08. The zero-order valence-electron chi connectivity index (χ0n) is 16.6. The third-order valence-corrected chi connectivity index (χ3v) is 6.34. The van der Waals surface area contributed by atoms with Crippen molar-refractivity contribution in [3.63, 3.8) is 0 Å². The molecule has 4 rings (SSSR count). The summed E-state index contributed by atoms with van der Waals surface area (Å²) in [7, 11) is 3.34. The van der Waals surface area contributed by atoms with E-state index in [1.54, 1.807) is 37.7 Å². The van der Waals surface area contributed by atoms with Gasteiger partial charge in [0.25, 0.3) is 0 Å². The summed E-state index contributed by atoms with van der Waals surface area (Å²) in [6, 6.07) is 16.2. The number of carbonyl (C=O) groups excluding carboxylic acids is 1. The fourth-order valence-electron chi connectivity index (χ4n) is 3.96. The molecule has 1 atom stereocenters. The van der Waals surface area contributed by atoms with Gasteiger partial charge < -0.3 is 15.2 Å². The summed E-state index contributed by atoms with van der Waals surface area (Å²) in [6.45, 7) is 1.72. The molecule has 2 N–H and O–H groups in total. The van der Waals surface area contributed by atoms with E-state index in [-0.39, 0.29) is 6.04 Å². The van der Waals surface area contributed by atoms with E-state index in [1.165, 1.54) is 16.0 Å². The van der Waals surface area contributed by atoms with Gasteiger partial charge in [0.15, 0.2) is 11.5 Å².